The van der Waals surface area contributed by atoms with E-state index < -0.39 is 0 Å². The molecule has 2 rings (SSSR count). The Labute approximate surface area is 112 Å². The zero-order valence-electron chi connectivity index (χ0n) is 11.1. The van der Waals surface area contributed by atoms with Crippen LogP contribution in [0.25, 0.3) is 0 Å². The topological polar surface area (TPSA) is 37.8 Å². The summed E-state index contributed by atoms with van der Waals surface area (Å²) < 4.78 is 0. The van der Waals surface area contributed by atoms with Crippen LogP contribution in [-0.4, -0.2) is 16.5 Å². The summed E-state index contributed by atoms with van der Waals surface area (Å²) in [4.78, 5) is 10.0. The molecule has 96 valence electrons. The molecule has 3 nitrogen and oxygen atoms in total. The van der Waals surface area contributed by atoms with E-state index in [1.54, 1.807) is 11.3 Å². The highest BCUT2D eigenvalue weighted by Gasteiger charge is 2.15. The van der Waals surface area contributed by atoms with Gasteiger partial charge in [-0.05, 0) is 31.5 Å². The minimum atomic E-state index is 0.274. The third kappa shape index (κ3) is 3.15. The number of thiazole rings is 1. The Hall–Kier alpha value is -1.26. The molecule has 0 radical (unpaired) electrons. The predicted octanol–water partition coefficient (Wildman–Crippen LogP) is 3.05. The van der Waals surface area contributed by atoms with Crippen LogP contribution in [0.2, 0.25) is 0 Å². The summed E-state index contributed by atoms with van der Waals surface area (Å²) >= 11 is 1.70. The molecule has 2 aromatic heterocycles. The Bertz CT molecular complexity index is 494. The first-order chi connectivity index (χ1) is 8.70. The number of hydrogen-bond donors (Lipinski definition) is 1. The minimum absolute atomic E-state index is 0.274. The smallest absolute Gasteiger partial charge is 0.0794 e. The molecule has 1 N–H and O–H groups in total. The van der Waals surface area contributed by atoms with Crippen LogP contribution >= 0.6 is 11.3 Å². The number of rotatable bonds is 5. The molecule has 0 aliphatic rings. The van der Waals surface area contributed by atoms with E-state index in [1.165, 1.54) is 16.0 Å². The maximum Gasteiger partial charge on any atom is 0.0794 e. The number of nitrogens with one attached hydrogen (secondary N) is 1. The van der Waals surface area contributed by atoms with E-state index in [0.717, 1.165) is 18.7 Å². The fraction of sp³-hybridized carbons (Fsp3) is 0.429. The van der Waals surface area contributed by atoms with Crippen molar-refractivity contribution in [2.75, 3.05) is 6.54 Å². The zero-order chi connectivity index (χ0) is 13.0. The summed E-state index contributed by atoms with van der Waals surface area (Å²) in [6, 6.07) is 2.47. The van der Waals surface area contributed by atoms with Gasteiger partial charge < -0.3 is 5.32 Å². The first kappa shape index (κ1) is 13.2. The van der Waals surface area contributed by atoms with E-state index in [1.807, 2.05) is 17.9 Å². The van der Waals surface area contributed by atoms with Gasteiger partial charge in [0.2, 0.25) is 0 Å². The molecule has 0 aromatic carbocycles. The highest BCUT2D eigenvalue weighted by Crippen LogP contribution is 2.22. The first-order valence-electron chi connectivity index (χ1n) is 6.24. The molecule has 4 heteroatoms. The lowest BCUT2D eigenvalue weighted by molar-refractivity contribution is 0.536. The van der Waals surface area contributed by atoms with Gasteiger partial charge in [-0.25, -0.2) is 0 Å². The molecule has 0 saturated heterocycles. The van der Waals surface area contributed by atoms with Gasteiger partial charge in [0.25, 0.3) is 0 Å². The molecule has 2 heterocycles. The number of pyridine rings is 1. The maximum absolute atomic E-state index is 4.60. The highest BCUT2D eigenvalue weighted by molar-refractivity contribution is 7.09. The molecule has 18 heavy (non-hydrogen) atoms. The summed E-state index contributed by atoms with van der Waals surface area (Å²) in [5.41, 5.74) is 5.50. The fourth-order valence-electron chi connectivity index (χ4n) is 2.15. The van der Waals surface area contributed by atoms with Gasteiger partial charge in [-0.1, -0.05) is 13.0 Å². The normalized spacial score (nSPS) is 12.6. The average molecular weight is 261 g/mol. The van der Waals surface area contributed by atoms with Crippen molar-refractivity contribution in [2.45, 2.75) is 33.2 Å². The largest absolute Gasteiger partial charge is 0.309 e. The van der Waals surface area contributed by atoms with Crippen LogP contribution in [0.1, 0.15) is 34.7 Å². The van der Waals surface area contributed by atoms with Crippen molar-refractivity contribution in [3.05, 3.63) is 45.7 Å². The standard InChI is InChI=1S/C14H19N3S/c1-4-16-13(6-12-8-15-9-18-12)14-11(3)5-10(2)7-17-14/h5,7-9,13,16H,4,6H2,1-3H3. The van der Waals surface area contributed by atoms with Crippen molar-refractivity contribution in [1.82, 2.24) is 15.3 Å². The molecule has 1 atom stereocenters. The van der Waals surface area contributed by atoms with E-state index in [0.29, 0.717) is 0 Å². The lowest BCUT2D eigenvalue weighted by atomic mass is 10.0. The van der Waals surface area contributed by atoms with Gasteiger partial charge in [0.1, 0.15) is 0 Å². The van der Waals surface area contributed by atoms with Crippen LogP contribution in [0.3, 0.4) is 0 Å². The Morgan fingerprint density at radius 2 is 2.17 bits per heavy atom. The van der Waals surface area contributed by atoms with Crippen molar-refractivity contribution >= 4 is 11.3 Å². The summed E-state index contributed by atoms with van der Waals surface area (Å²) in [5, 5.41) is 3.51. The molecule has 0 saturated carbocycles. The van der Waals surface area contributed by atoms with Crippen LogP contribution < -0.4 is 5.32 Å². The minimum Gasteiger partial charge on any atom is -0.309 e. The van der Waals surface area contributed by atoms with E-state index >= 15 is 0 Å². The van der Waals surface area contributed by atoms with Crippen LogP contribution in [0, 0.1) is 13.8 Å². The molecule has 0 spiro atoms. The summed E-state index contributed by atoms with van der Waals surface area (Å²) in [6.07, 6.45) is 4.84. The monoisotopic (exact) mass is 261 g/mol. The third-order valence-electron chi connectivity index (χ3n) is 2.92. The maximum atomic E-state index is 4.60. The predicted molar refractivity (Wildman–Crippen MR) is 75.9 cm³/mol. The number of aromatic nitrogens is 2. The second-order valence-corrected chi connectivity index (χ2v) is 5.47. The van der Waals surface area contributed by atoms with E-state index in [2.05, 4.69) is 42.1 Å². The second-order valence-electron chi connectivity index (χ2n) is 4.50. The summed E-state index contributed by atoms with van der Waals surface area (Å²) in [5.74, 6) is 0. The van der Waals surface area contributed by atoms with E-state index in [9.17, 15) is 0 Å². The SMILES string of the molecule is CCNC(Cc1cncs1)c1ncc(C)cc1C. The van der Waals surface area contributed by atoms with E-state index in [4.69, 9.17) is 0 Å². The van der Waals surface area contributed by atoms with Crippen molar-refractivity contribution < 1.29 is 0 Å². The third-order valence-corrected chi connectivity index (χ3v) is 3.73. The van der Waals surface area contributed by atoms with Gasteiger partial charge in [0.15, 0.2) is 0 Å². The van der Waals surface area contributed by atoms with Crippen LogP contribution in [0.5, 0.6) is 0 Å². The first-order valence-corrected chi connectivity index (χ1v) is 7.12. The summed E-state index contributed by atoms with van der Waals surface area (Å²) in [6.45, 7) is 7.28. The number of nitrogens with zero attached hydrogens (tertiary/aromatic N) is 2. The molecule has 1 unspecified atom stereocenters. The number of aryl methyl sites for hydroxylation is 2. The molecule has 0 bridgehead atoms. The van der Waals surface area contributed by atoms with Crippen LogP contribution in [0.15, 0.2) is 24.0 Å². The molecule has 0 amide bonds. The van der Waals surface area contributed by atoms with Gasteiger partial charge in [-0.2, -0.15) is 0 Å². The Morgan fingerprint density at radius 3 is 2.78 bits per heavy atom. The molecular formula is C14H19N3S. The fourth-order valence-corrected chi connectivity index (χ4v) is 2.79. The van der Waals surface area contributed by atoms with Gasteiger partial charge in [0, 0.05) is 23.7 Å². The highest BCUT2D eigenvalue weighted by atomic mass is 32.1. The lowest BCUT2D eigenvalue weighted by Gasteiger charge is -2.18. The lowest BCUT2D eigenvalue weighted by Crippen LogP contribution is -2.24. The number of likely N-dealkylation sites (N-methyl/N-ethyl adjacent to an activating group) is 1. The van der Waals surface area contributed by atoms with Crippen LogP contribution in [-0.2, 0) is 6.42 Å². The van der Waals surface area contributed by atoms with Crippen molar-refractivity contribution in [3.8, 4) is 0 Å². The summed E-state index contributed by atoms with van der Waals surface area (Å²) in [7, 11) is 0. The van der Waals surface area contributed by atoms with Gasteiger partial charge in [-0.15, -0.1) is 11.3 Å². The second kappa shape index (κ2) is 6.07. The van der Waals surface area contributed by atoms with Crippen LogP contribution in [0.4, 0.5) is 0 Å². The molecule has 2 aromatic rings. The van der Waals surface area contributed by atoms with E-state index in [-0.39, 0.29) is 6.04 Å². The zero-order valence-corrected chi connectivity index (χ0v) is 11.9. The Morgan fingerprint density at radius 1 is 1.33 bits per heavy atom. The molecule has 0 aliphatic heterocycles. The van der Waals surface area contributed by atoms with Crippen molar-refractivity contribution in [1.29, 1.82) is 0 Å². The quantitative estimate of drug-likeness (QED) is 0.899. The average Bonchev–Trinajstić information content (AvgIpc) is 2.81. The molecular weight excluding hydrogens is 242 g/mol. The number of hydrogen-bond acceptors (Lipinski definition) is 4. The Kier molecular flexibility index (Phi) is 4.44. The molecule has 0 aliphatic carbocycles. The Balaban J connectivity index is 2.23. The van der Waals surface area contributed by atoms with Gasteiger partial charge in [0.05, 0.1) is 17.2 Å². The molecule has 0 fully saturated rings. The van der Waals surface area contributed by atoms with Crippen molar-refractivity contribution in [2.24, 2.45) is 0 Å². The van der Waals surface area contributed by atoms with Crippen molar-refractivity contribution in [3.63, 3.8) is 0 Å². The van der Waals surface area contributed by atoms with Gasteiger partial charge >= 0.3 is 0 Å². The van der Waals surface area contributed by atoms with Gasteiger partial charge in [-0.3, -0.25) is 9.97 Å².